The number of rotatable bonds is 8. The number of hydrogen-bond donors (Lipinski definition) is 3. The van der Waals surface area contributed by atoms with Gasteiger partial charge < -0.3 is 25.6 Å². The molecular weight excluding hydrogens is 372 g/mol. The van der Waals surface area contributed by atoms with Crippen molar-refractivity contribution in [2.24, 2.45) is 34.8 Å². The van der Waals surface area contributed by atoms with Crippen LogP contribution < -0.4 is 21.1 Å². The number of aromatic nitrogens is 1. The van der Waals surface area contributed by atoms with Crippen molar-refractivity contribution >= 4 is 11.8 Å². The number of amides is 2. The lowest BCUT2D eigenvalue weighted by Crippen LogP contribution is -2.55. The topological polar surface area (TPSA) is 119 Å². The molecule has 4 saturated carbocycles. The smallest absolute Gasteiger partial charge is 0.290 e. The minimum absolute atomic E-state index is 0.118. The van der Waals surface area contributed by atoms with Crippen molar-refractivity contribution in [1.29, 1.82) is 0 Å². The Morgan fingerprint density at radius 3 is 2.48 bits per heavy atom. The molecule has 4 aliphatic rings. The summed E-state index contributed by atoms with van der Waals surface area (Å²) < 4.78 is 10.8. The van der Waals surface area contributed by atoms with Crippen LogP contribution in [0.4, 0.5) is 0 Å². The predicted octanol–water partition coefficient (Wildman–Crippen LogP) is 1.71. The molecule has 4 aliphatic carbocycles. The molecule has 0 spiro atoms. The highest BCUT2D eigenvalue weighted by Crippen LogP contribution is 2.53. The molecule has 8 heteroatoms. The highest BCUT2D eigenvalue weighted by atomic mass is 16.5. The maximum atomic E-state index is 12.7. The number of carbonyl (C=O) groups excluding carboxylic acids is 2. The van der Waals surface area contributed by atoms with E-state index in [1.807, 2.05) is 0 Å². The Morgan fingerprint density at radius 1 is 1.21 bits per heavy atom. The second kappa shape index (κ2) is 7.97. The summed E-state index contributed by atoms with van der Waals surface area (Å²) in [5, 5.41) is 9.79. The number of nitrogens with two attached hydrogens (primary N) is 1. The molecule has 4 fully saturated rings. The molecule has 1 heterocycles. The molecule has 2 amide bonds. The van der Waals surface area contributed by atoms with Gasteiger partial charge >= 0.3 is 0 Å². The maximum Gasteiger partial charge on any atom is 0.290 e. The first-order chi connectivity index (χ1) is 13.9. The Hall–Kier alpha value is -2.09. The quantitative estimate of drug-likeness (QED) is 0.607. The summed E-state index contributed by atoms with van der Waals surface area (Å²) in [6.45, 7) is 4.47. The molecule has 0 unspecified atom stereocenters. The van der Waals surface area contributed by atoms with Crippen molar-refractivity contribution in [2.45, 2.75) is 52.0 Å². The van der Waals surface area contributed by atoms with Crippen molar-refractivity contribution in [3.8, 4) is 5.88 Å². The fourth-order valence-electron chi connectivity index (χ4n) is 5.56. The normalized spacial score (nSPS) is 30.2. The van der Waals surface area contributed by atoms with Gasteiger partial charge in [-0.15, -0.1) is 0 Å². The fourth-order valence-corrected chi connectivity index (χ4v) is 5.56. The lowest BCUT2D eigenvalue weighted by molar-refractivity contribution is -0.130. The van der Waals surface area contributed by atoms with Crippen LogP contribution in [0.3, 0.4) is 0 Å². The molecule has 4 bridgehead atoms. The van der Waals surface area contributed by atoms with Gasteiger partial charge in [-0.2, -0.15) is 0 Å². The first-order valence-corrected chi connectivity index (χ1v) is 10.7. The first kappa shape index (κ1) is 20.2. The number of hydrogen-bond acceptors (Lipinski definition) is 6. The van der Waals surface area contributed by atoms with Crippen LogP contribution in [0.2, 0.25) is 0 Å². The van der Waals surface area contributed by atoms with Gasteiger partial charge in [0.05, 0.1) is 11.5 Å². The zero-order chi connectivity index (χ0) is 20.6. The lowest BCUT2D eigenvalue weighted by atomic mass is 9.54. The van der Waals surface area contributed by atoms with Crippen LogP contribution in [0.25, 0.3) is 0 Å². The Bertz CT molecular complexity index is 732. The van der Waals surface area contributed by atoms with E-state index in [1.54, 1.807) is 13.8 Å². The number of nitrogens with zero attached hydrogens (tertiary/aromatic N) is 1. The lowest BCUT2D eigenvalue weighted by Gasteiger charge is -2.54. The van der Waals surface area contributed by atoms with Gasteiger partial charge in [0, 0.05) is 19.1 Å². The van der Waals surface area contributed by atoms with E-state index < -0.39 is 5.41 Å². The number of ether oxygens (including phenoxy) is 1. The molecule has 4 N–H and O–H groups in total. The van der Waals surface area contributed by atoms with E-state index in [0.717, 1.165) is 11.8 Å². The second-order valence-corrected chi connectivity index (χ2v) is 9.68. The second-order valence-electron chi connectivity index (χ2n) is 9.68. The summed E-state index contributed by atoms with van der Waals surface area (Å²) >= 11 is 0. The Labute approximate surface area is 171 Å². The van der Waals surface area contributed by atoms with Gasteiger partial charge in [0.2, 0.25) is 11.7 Å². The van der Waals surface area contributed by atoms with Gasteiger partial charge in [0.25, 0.3) is 11.8 Å². The third kappa shape index (κ3) is 4.27. The van der Waals surface area contributed by atoms with E-state index in [2.05, 4.69) is 15.8 Å². The third-order valence-corrected chi connectivity index (χ3v) is 6.86. The first-order valence-electron chi connectivity index (χ1n) is 10.7. The molecule has 0 aromatic carbocycles. The van der Waals surface area contributed by atoms with Gasteiger partial charge in [-0.25, -0.2) is 0 Å². The Morgan fingerprint density at radius 2 is 1.86 bits per heavy atom. The van der Waals surface area contributed by atoms with Crippen LogP contribution in [0.15, 0.2) is 10.6 Å². The highest BCUT2D eigenvalue weighted by molar-refractivity contribution is 5.91. The minimum Gasteiger partial charge on any atom is -0.474 e. The molecular formula is C21H32N4O4. The minimum atomic E-state index is -0.753. The molecule has 0 aliphatic heterocycles. The average molecular weight is 405 g/mol. The molecule has 0 radical (unpaired) electrons. The highest BCUT2D eigenvalue weighted by Gasteiger charge is 2.48. The predicted molar refractivity (Wildman–Crippen MR) is 106 cm³/mol. The van der Waals surface area contributed by atoms with Crippen LogP contribution in [0.1, 0.15) is 56.5 Å². The SMILES string of the molecule is CC(C)(COc1cc(C(=O)NC2C3CC4CC(C3)CC2C4)on1)C(=O)NCCN. The van der Waals surface area contributed by atoms with Crippen molar-refractivity contribution < 1.29 is 18.8 Å². The van der Waals surface area contributed by atoms with E-state index >= 15 is 0 Å². The standard InChI is InChI=1S/C21H32N4O4/c1-21(2,20(27)23-4-3-22)11-28-17-10-16(29-25-17)19(26)24-18-14-6-12-5-13(8-14)9-15(18)7-12/h10,12-15,18H,3-9,11,22H2,1-2H3,(H,23,27)(H,24,26). The van der Waals surface area contributed by atoms with Crippen LogP contribution in [-0.4, -0.2) is 42.7 Å². The molecule has 8 nitrogen and oxygen atoms in total. The van der Waals surface area contributed by atoms with Crippen LogP contribution in [0, 0.1) is 29.1 Å². The maximum absolute atomic E-state index is 12.7. The summed E-state index contributed by atoms with van der Waals surface area (Å²) in [5.74, 6) is 2.90. The summed E-state index contributed by atoms with van der Waals surface area (Å²) in [5.41, 5.74) is 4.66. The van der Waals surface area contributed by atoms with Gasteiger partial charge in [0.15, 0.2) is 0 Å². The van der Waals surface area contributed by atoms with Crippen molar-refractivity contribution in [1.82, 2.24) is 15.8 Å². The van der Waals surface area contributed by atoms with Gasteiger partial charge in [-0.05, 0) is 74.8 Å². The van der Waals surface area contributed by atoms with E-state index in [0.29, 0.717) is 24.9 Å². The van der Waals surface area contributed by atoms with Crippen LogP contribution in [-0.2, 0) is 4.79 Å². The molecule has 0 saturated heterocycles. The summed E-state index contributed by atoms with van der Waals surface area (Å²) in [4.78, 5) is 24.8. The Balaban J connectivity index is 1.31. The van der Waals surface area contributed by atoms with Crippen LogP contribution in [0.5, 0.6) is 5.88 Å². The van der Waals surface area contributed by atoms with E-state index in [-0.39, 0.29) is 36.1 Å². The average Bonchev–Trinajstić information content (AvgIpc) is 3.16. The van der Waals surface area contributed by atoms with Crippen molar-refractivity contribution in [2.75, 3.05) is 19.7 Å². The zero-order valence-electron chi connectivity index (χ0n) is 17.3. The van der Waals surface area contributed by atoms with Crippen LogP contribution >= 0.6 is 0 Å². The molecule has 160 valence electrons. The van der Waals surface area contributed by atoms with Crippen molar-refractivity contribution in [3.05, 3.63) is 11.8 Å². The molecule has 1 aromatic heterocycles. The summed E-state index contributed by atoms with van der Waals surface area (Å²) in [6, 6.07) is 1.74. The molecule has 29 heavy (non-hydrogen) atoms. The van der Waals surface area contributed by atoms with E-state index in [4.69, 9.17) is 15.0 Å². The largest absolute Gasteiger partial charge is 0.474 e. The third-order valence-electron chi connectivity index (χ3n) is 6.86. The van der Waals surface area contributed by atoms with Crippen molar-refractivity contribution in [3.63, 3.8) is 0 Å². The van der Waals surface area contributed by atoms with Gasteiger partial charge in [-0.3, -0.25) is 9.59 Å². The van der Waals surface area contributed by atoms with E-state index in [9.17, 15) is 9.59 Å². The monoisotopic (exact) mass is 404 g/mol. The van der Waals surface area contributed by atoms with Gasteiger partial charge in [0.1, 0.15) is 6.61 Å². The molecule has 0 atom stereocenters. The number of nitrogens with one attached hydrogen (secondary N) is 2. The summed E-state index contributed by atoms with van der Waals surface area (Å²) in [7, 11) is 0. The van der Waals surface area contributed by atoms with Gasteiger partial charge in [-0.1, -0.05) is 0 Å². The fraction of sp³-hybridized carbons (Fsp3) is 0.762. The van der Waals surface area contributed by atoms with E-state index in [1.165, 1.54) is 38.2 Å². The summed E-state index contributed by atoms with van der Waals surface area (Å²) in [6.07, 6.45) is 6.35. The molecule has 1 aromatic rings. The molecule has 5 rings (SSSR count). The zero-order valence-corrected chi connectivity index (χ0v) is 17.3. The number of carbonyl (C=O) groups is 2. The Kier molecular flexibility index (Phi) is 5.55.